The molecule has 1 N–H and O–H groups in total. The van der Waals surface area contributed by atoms with Gasteiger partial charge in [0.25, 0.3) is 0 Å². The van der Waals surface area contributed by atoms with E-state index in [1.165, 1.54) is 27.0 Å². The third-order valence-electron chi connectivity index (χ3n) is 5.21. The van der Waals surface area contributed by atoms with E-state index in [2.05, 4.69) is 5.32 Å². The number of anilines is 2. The number of carbonyl (C=O) groups excluding carboxylic acids is 2. The fourth-order valence-electron chi connectivity index (χ4n) is 3.67. The van der Waals surface area contributed by atoms with Crippen molar-refractivity contribution in [3.8, 4) is 0 Å². The second kappa shape index (κ2) is 9.20. The summed E-state index contributed by atoms with van der Waals surface area (Å²) in [6.07, 6.45) is 1.95. The molecule has 0 radical (unpaired) electrons. The maximum absolute atomic E-state index is 13.0. The number of thioether (sulfide) groups is 1. The Morgan fingerprint density at radius 2 is 1.90 bits per heavy atom. The van der Waals surface area contributed by atoms with Gasteiger partial charge in [0.05, 0.1) is 10.6 Å². The summed E-state index contributed by atoms with van der Waals surface area (Å²) in [6, 6.07) is 11.6. The Morgan fingerprint density at radius 3 is 2.65 bits per heavy atom. The molecule has 0 saturated carbocycles. The SMILES string of the molecule is O=C(CN1C(=O)CCSc2ccc(S(=O)(=O)N3CCCC3)cc21)Nc1cccc(Cl)c1. The summed E-state index contributed by atoms with van der Waals surface area (Å²) in [5.74, 6) is -0.0410. The minimum atomic E-state index is -3.64. The third-order valence-corrected chi connectivity index (χ3v) is 8.40. The van der Waals surface area contributed by atoms with Crippen molar-refractivity contribution in [3.05, 3.63) is 47.5 Å². The van der Waals surface area contributed by atoms with Gasteiger partial charge in [-0.05, 0) is 49.2 Å². The van der Waals surface area contributed by atoms with Gasteiger partial charge in [-0.25, -0.2) is 8.42 Å². The Labute approximate surface area is 190 Å². The van der Waals surface area contributed by atoms with E-state index in [1.807, 2.05) is 0 Å². The summed E-state index contributed by atoms with van der Waals surface area (Å²) < 4.78 is 27.5. The van der Waals surface area contributed by atoms with Gasteiger partial charge in [-0.15, -0.1) is 11.8 Å². The van der Waals surface area contributed by atoms with Crippen LogP contribution in [0, 0.1) is 0 Å². The molecule has 2 aliphatic rings. The number of rotatable bonds is 5. The van der Waals surface area contributed by atoms with Crippen molar-refractivity contribution in [1.29, 1.82) is 0 Å². The summed E-state index contributed by atoms with van der Waals surface area (Å²) in [4.78, 5) is 27.8. The van der Waals surface area contributed by atoms with Crippen LogP contribution in [0.25, 0.3) is 0 Å². The Kier molecular flexibility index (Phi) is 6.57. The minimum absolute atomic E-state index is 0.142. The van der Waals surface area contributed by atoms with Gasteiger partial charge in [-0.2, -0.15) is 4.31 Å². The molecule has 1 fully saturated rings. The molecule has 1 saturated heterocycles. The van der Waals surface area contributed by atoms with Crippen LogP contribution < -0.4 is 10.2 Å². The van der Waals surface area contributed by atoms with Crippen molar-refractivity contribution in [2.75, 3.05) is 35.6 Å². The quantitative estimate of drug-likeness (QED) is 0.708. The fourth-order valence-corrected chi connectivity index (χ4v) is 6.38. The van der Waals surface area contributed by atoms with Gasteiger partial charge < -0.3 is 10.2 Å². The van der Waals surface area contributed by atoms with Crippen LogP contribution in [0.3, 0.4) is 0 Å². The van der Waals surface area contributed by atoms with Crippen LogP contribution in [0.1, 0.15) is 19.3 Å². The lowest BCUT2D eigenvalue weighted by Gasteiger charge is -2.24. The van der Waals surface area contributed by atoms with Crippen LogP contribution >= 0.6 is 23.4 Å². The number of benzene rings is 2. The minimum Gasteiger partial charge on any atom is -0.324 e. The molecule has 2 heterocycles. The molecule has 0 atom stereocenters. The van der Waals surface area contributed by atoms with Crippen LogP contribution in [-0.4, -0.2) is 49.9 Å². The van der Waals surface area contributed by atoms with E-state index in [0.29, 0.717) is 35.2 Å². The predicted octanol–water partition coefficient (Wildman–Crippen LogP) is 3.59. The monoisotopic (exact) mass is 479 g/mol. The average molecular weight is 480 g/mol. The Balaban J connectivity index is 1.62. The first-order valence-electron chi connectivity index (χ1n) is 9.97. The first-order valence-corrected chi connectivity index (χ1v) is 12.8. The van der Waals surface area contributed by atoms with Gasteiger partial charge in [0, 0.05) is 40.9 Å². The largest absolute Gasteiger partial charge is 0.324 e. The molecular weight excluding hydrogens is 458 g/mol. The number of nitrogens with zero attached hydrogens (tertiary/aromatic N) is 2. The molecule has 164 valence electrons. The maximum Gasteiger partial charge on any atom is 0.244 e. The maximum atomic E-state index is 13.0. The lowest BCUT2D eigenvalue weighted by atomic mass is 10.2. The van der Waals surface area contributed by atoms with Crippen LogP contribution in [0.4, 0.5) is 11.4 Å². The van der Waals surface area contributed by atoms with Crippen LogP contribution in [-0.2, 0) is 19.6 Å². The summed E-state index contributed by atoms with van der Waals surface area (Å²) in [6.45, 7) is 0.782. The fraction of sp³-hybridized carbons (Fsp3) is 0.333. The van der Waals surface area contributed by atoms with Gasteiger partial charge in [-0.3, -0.25) is 9.59 Å². The Bertz CT molecular complexity index is 1120. The number of fused-ring (bicyclic) bond motifs is 1. The molecule has 0 unspecified atom stereocenters. The number of hydrogen-bond acceptors (Lipinski definition) is 5. The van der Waals surface area contributed by atoms with E-state index in [4.69, 9.17) is 11.6 Å². The second-order valence-electron chi connectivity index (χ2n) is 7.38. The highest BCUT2D eigenvalue weighted by Gasteiger charge is 2.30. The highest BCUT2D eigenvalue weighted by atomic mass is 35.5. The second-order valence-corrected chi connectivity index (χ2v) is 10.9. The molecular formula is C21H22ClN3O4S2. The smallest absolute Gasteiger partial charge is 0.244 e. The zero-order valence-corrected chi connectivity index (χ0v) is 19.1. The van der Waals surface area contributed by atoms with Gasteiger partial charge in [-0.1, -0.05) is 17.7 Å². The molecule has 2 amide bonds. The molecule has 4 rings (SSSR count). The first kappa shape index (κ1) is 22.1. The number of carbonyl (C=O) groups is 2. The summed E-state index contributed by atoms with van der Waals surface area (Å²) in [5, 5.41) is 3.23. The molecule has 31 heavy (non-hydrogen) atoms. The van der Waals surface area contributed by atoms with Crippen LogP contribution in [0.5, 0.6) is 0 Å². The highest BCUT2D eigenvalue weighted by molar-refractivity contribution is 7.99. The summed E-state index contributed by atoms with van der Waals surface area (Å²) >= 11 is 7.45. The molecule has 10 heteroatoms. The standard InChI is InChI=1S/C21H22ClN3O4S2/c22-15-4-3-5-16(12-15)23-20(26)14-25-18-13-17(31(28,29)24-9-1-2-10-24)6-7-19(18)30-11-8-21(25)27/h3-7,12-13H,1-2,8-11,14H2,(H,23,26). The van der Waals surface area contributed by atoms with E-state index >= 15 is 0 Å². The number of sulfonamides is 1. The summed E-state index contributed by atoms with van der Waals surface area (Å²) in [7, 11) is -3.64. The zero-order chi connectivity index (χ0) is 22.0. The molecule has 2 aromatic carbocycles. The highest BCUT2D eigenvalue weighted by Crippen LogP contribution is 2.37. The normalized spacial score (nSPS) is 17.3. The number of nitrogens with one attached hydrogen (secondary N) is 1. The predicted molar refractivity (Wildman–Crippen MR) is 122 cm³/mol. The van der Waals surface area contributed by atoms with E-state index in [9.17, 15) is 18.0 Å². The average Bonchev–Trinajstić information content (AvgIpc) is 3.23. The Hall–Kier alpha value is -2.07. The van der Waals surface area contributed by atoms with Crippen LogP contribution in [0.15, 0.2) is 52.3 Å². The van der Waals surface area contributed by atoms with Gasteiger partial charge >= 0.3 is 0 Å². The van der Waals surface area contributed by atoms with E-state index < -0.39 is 10.0 Å². The van der Waals surface area contributed by atoms with Crippen molar-refractivity contribution in [2.45, 2.75) is 29.1 Å². The lowest BCUT2D eigenvalue weighted by Crippen LogP contribution is -2.38. The third kappa shape index (κ3) is 4.90. The van der Waals surface area contributed by atoms with E-state index in [-0.39, 0.29) is 29.7 Å². The van der Waals surface area contributed by atoms with Crippen LogP contribution in [0.2, 0.25) is 5.02 Å². The molecule has 0 bridgehead atoms. The van der Waals surface area contributed by atoms with Crippen molar-refractivity contribution in [3.63, 3.8) is 0 Å². The topological polar surface area (TPSA) is 86.8 Å². The van der Waals surface area contributed by atoms with Crippen molar-refractivity contribution in [1.82, 2.24) is 4.31 Å². The summed E-state index contributed by atoms with van der Waals surface area (Å²) in [5.41, 5.74) is 0.980. The molecule has 2 aromatic rings. The van der Waals surface area contributed by atoms with Gasteiger partial charge in [0.2, 0.25) is 21.8 Å². The Morgan fingerprint density at radius 1 is 1.13 bits per heavy atom. The zero-order valence-electron chi connectivity index (χ0n) is 16.7. The molecule has 7 nitrogen and oxygen atoms in total. The van der Waals surface area contributed by atoms with Gasteiger partial charge in [0.15, 0.2) is 0 Å². The number of hydrogen-bond donors (Lipinski definition) is 1. The lowest BCUT2D eigenvalue weighted by molar-refractivity contribution is -0.121. The molecule has 0 spiro atoms. The number of amides is 2. The molecule has 0 aliphatic carbocycles. The number of halogens is 1. The van der Waals surface area contributed by atoms with E-state index in [1.54, 1.807) is 36.4 Å². The van der Waals surface area contributed by atoms with E-state index in [0.717, 1.165) is 17.7 Å². The van der Waals surface area contributed by atoms with Crippen molar-refractivity contribution >= 4 is 56.6 Å². The molecule has 0 aromatic heterocycles. The van der Waals surface area contributed by atoms with Crippen molar-refractivity contribution < 1.29 is 18.0 Å². The first-order chi connectivity index (χ1) is 14.8. The van der Waals surface area contributed by atoms with Gasteiger partial charge in [0.1, 0.15) is 6.54 Å². The van der Waals surface area contributed by atoms with Crippen molar-refractivity contribution in [2.24, 2.45) is 0 Å². The molecule has 2 aliphatic heterocycles.